The highest BCUT2D eigenvalue weighted by atomic mass is 16.5. The summed E-state index contributed by atoms with van der Waals surface area (Å²) >= 11 is 0. The molecule has 0 radical (unpaired) electrons. The number of hydrogen-bond donors (Lipinski definition) is 1. The van der Waals surface area contributed by atoms with E-state index in [9.17, 15) is 4.79 Å². The van der Waals surface area contributed by atoms with Gasteiger partial charge >= 0.3 is 0 Å². The molecular formula is C19H28N2O3. The van der Waals surface area contributed by atoms with Crippen LogP contribution in [-0.2, 0) is 4.79 Å². The highest BCUT2D eigenvalue weighted by molar-refractivity contribution is 5.92. The Morgan fingerprint density at radius 1 is 1.12 bits per heavy atom. The number of nitrogens with zero attached hydrogens (tertiary/aromatic N) is 1. The van der Waals surface area contributed by atoms with Gasteiger partial charge in [0, 0.05) is 18.3 Å². The van der Waals surface area contributed by atoms with Crippen molar-refractivity contribution in [1.29, 1.82) is 0 Å². The Labute approximate surface area is 144 Å². The van der Waals surface area contributed by atoms with Gasteiger partial charge in [0.2, 0.25) is 5.91 Å². The molecule has 1 aromatic rings. The van der Waals surface area contributed by atoms with Gasteiger partial charge in [0.25, 0.3) is 0 Å². The monoisotopic (exact) mass is 332 g/mol. The molecule has 1 amide bonds. The molecule has 1 saturated carbocycles. The van der Waals surface area contributed by atoms with Crippen LogP contribution in [0.4, 0.5) is 5.69 Å². The summed E-state index contributed by atoms with van der Waals surface area (Å²) in [6, 6.07) is 5.44. The lowest BCUT2D eigenvalue weighted by Crippen LogP contribution is -2.44. The van der Waals surface area contributed by atoms with Gasteiger partial charge in [0.05, 0.1) is 20.8 Å². The normalized spacial score (nSPS) is 24.1. The van der Waals surface area contributed by atoms with Crippen molar-refractivity contribution in [3.8, 4) is 11.5 Å². The Bertz CT molecular complexity index is 576. The number of benzene rings is 1. The Kier molecular flexibility index (Phi) is 5.61. The number of piperidine rings is 1. The van der Waals surface area contributed by atoms with E-state index in [1.54, 1.807) is 20.3 Å². The van der Waals surface area contributed by atoms with Crippen LogP contribution in [-0.4, -0.2) is 44.7 Å². The summed E-state index contributed by atoms with van der Waals surface area (Å²) in [6.07, 6.45) is 6.71. The number of rotatable bonds is 5. The molecule has 2 fully saturated rings. The number of hydrogen-bond acceptors (Lipinski definition) is 4. The third kappa shape index (κ3) is 4.01. The highest BCUT2D eigenvalue weighted by Crippen LogP contribution is 2.36. The van der Waals surface area contributed by atoms with Crippen LogP contribution < -0.4 is 14.8 Å². The lowest BCUT2D eigenvalue weighted by molar-refractivity contribution is -0.118. The molecule has 1 N–H and O–H groups in total. The van der Waals surface area contributed by atoms with Gasteiger partial charge in [-0.1, -0.05) is 19.3 Å². The van der Waals surface area contributed by atoms with E-state index in [1.807, 2.05) is 12.1 Å². The van der Waals surface area contributed by atoms with E-state index in [1.165, 1.54) is 32.1 Å². The molecule has 1 heterocycles. The second kappa shape index (κ2) is 7.88. The van der Waals surface area contributed by atoms with Gasteiger partial charge in [0.15, 0.2) is 11.5 Å². The van der Waals surface area contributed by atoms with Gasteiger partial charge < -0.3 is 14.8 Å². The van der Waals surface area contributed by atoms with Crippen molar-refractivity contribution in [2.24, 2.45) is 11.8 Å². The largest absolute Gasteiger partial charge is 0.493 e. The topological polar surface area (TPSA) is 50.8 Å². The van der Waals surface area contributed by atoms with E-state index in [0.29, 0.717) is 18.0 Å². The number of anilines is 1. The summed E-state index contributed by atoms with van der Waals surface area (Å²) in [5.74, 6) is 3.01. The second-order valence-corrected chi connectivity index (χ2v) is 6.95. The number of carbonyl (C=O) groups is 1. The lowest BCUT2D eigenvalue weighted by Gasteiger charge is -2.41. The SMILES string of the molecule is COc1ccc(NC(=O)CN2CC[C@@H]3CCCC[C@@H]3C2)cc1OC. The minimum absolute atomic E-state index is 0.0384. The fraction of sp³-hybridized carbons (Fsp3) is 0.632. The zero-order valence-electron chi connectivity index (χ0n) is 14.7. The van der Waals surface area contributed by atoms with Crippen molar-refractivity contribution < 1.29 is 14.3 Å². The van der Waals surface area contributed by atoms with Crippen molar-refractivity contribution in [1.82, 2.24) is 4.90 Å². The van der Waals surface area contributed by atoms with Gasteiger partial charge in [0.1, 0.15) is 0 Å². The van der Waals surface area contributed by atoms with Crippen molar-refractivity contribution in [3.63, 3.8) is 0 Å². The summed E-state index contributed by atoms with van der Waals surface area (Å²) in [4.78, 5) is 14.7. The first kappa shape index (κ1) is 17.1. The standard InChI is InChI=1S/C19H28N2O3/c1-23-17-8-7-16(11-18(17)24-2)20-19(22)13-21-10-9-14-5-3-4-6-15(14)12-21/h7-8,11,14-15H,3-6,9-10,12-13H2,1-2H3,(H,20,22)/t14-,15+/m0/s1. The number of amides is 1. The van der Waals surface area contributed by atoms with Gasteiger partial charge in [-0.15, -0.1) is 0 Å². The second-order valence-electron chi connectivity index (χ2n) is 6.95. The fourth-order valence-corrected chi connectivity index (χ4v) is 4.14. The molecule has 3 rings (SSSR count). The van der Waals surface area contributed by atoms with Gasteiger partial charge in [-0.25, -0.2) is 0 Å². The van der Waals surface area contributed by atoms with Crippen LogP contribution in [0, 0.1) is 11.8 Å². The molecule has 2 atom stereocenters. The summed E-state index contributed by atoms with van der Waals surface area (Å²) in [5.41, 5.74) is 0.741. The quantitative estimate of drug-likeness (QED) is 0.900. The Balaban J connectivity index is 1.54. The minimum atomic E-state index is 0.0384. The molecule has 2 aliphatic rings. The maximum Gasteiger partial charge on any atom is 0.238 e. The lowest BCUT2D eigenvalue weighted by atomic mass is 9.75. The molecule has 0 unspecified atom stereocenters. The summed E-state index contributed by atoms with van der Waals surface area (Å²) in [7, 11) is 3.20. The number of methoxy groups -OCH3 is 2. The molecule has 5 heteroatoms. The average molecular weight is 332 g/mol. The smallest absolute Gasteiger partial charge is 0.238 e. The van der Waals surface area contributed by atoms with Crippen LogP contribution in [0.3, 0.4) is 0 Å². The van der Waals surface area contributed by atoms with Crippen LogP contribution in [0.1, 0.15) is 32.1 Å². The molecule has 0 spiro atoms. The minimum Gasteiger partial charge on any atom is -0.493 e. The van der Waals surface area contributed by atoms with Crippen LogP contribution >= 0.6 is 0 Å². The summed E-state index contributed by atoms with van der Waals surface area (Å²) < 4.78 is 10.5. The first-order valence-corrected chi connectivity index (χ1v) is 8.94. The zero-order chi connectivity index (χ0) is 16.9. The van der Waals surface area contributed by atoms with Crippen LogP contribution in [0.25, 0.3) is 0 Å². The van der Waals surface area contributed by atoms with Crippen molar-refractivity contribution >= 4 is 11.6 Å². The van der Waals surface area contributed by atoms with Gasteiger partial charge in [-0.05, 0) is 43.4 Å². The predicted octanol–water partition coefficient (Wildman–Crippen LogP) is 3.15. The van der Waals surface area contributed by atoms with Crippen molar-refractivity contribution in [3.05, 3.63) is 18.2 Å². The highest BCUT2D eigenvalue weighted by Gasteiger charge is 2.31. The Morgan fingerprint density at radius 2 is 1.88 bits per heavy atom. The maximum absolute atomic E-state index is 12.4. The molecule has 132 valence electrons. The number of likely N-dealkylation sites (tertiary alicyclic amines) is 1. The number of ether oxygens (including phenoxy) is 2. The van der Waals surface area contributed by atoms with E-state index in [-0.39, 0.29) is 5.91 Å². The molecule has 0 aromatic heterocycles. The van der Waals surface area contributed by atoms with Crippen molar-refractivity contribution in [2.45, 2.75) is 32.1 Å². The maximum atomic E-state index is 12.4. The third-order valence-corrected chi connectivity index (χ3v) is 5.41. The van der Waals surface area contributed by atoms with E-state index >= 15 is 0 Å². The van der Waals surface area contributed by atoms with Crippen LogP contribution in [0.5, 0.6) is 11.5 Å². The first-order chi connectivity index (χ1) is 11.7. The molecule has 1 saturated heterocycles. The number of carbonyl (C=O) groups excluding carboxylic acids is 1. The van der Waals surface area contributed by atoms with Crippen molar-refractivity contribution in [2.75, 3.05) is 39.2 Å². The summed E-state index contributed by atoms with van der Waals surface area (Å²) in [5, 5.41) is 2.97. The molecule has 24 heavy (non-hydrogen) atoms. The van der Waals surface area contributed by atoms with E-state index in [2.05, 4.69) is 10.2 Å². The third-order valence-electron chi connectivity index (χ3n) is 5.41. The molecule has 1 aromatic carbocycles. The molecule has 0 bridgehead atoms. The van der Waals surface area contributed by atoms with Gasteiger partial charge in [-0.2, -0.15) is 0 Å². The predicted molar refractivity (Wildman–Crippen MR) is 94.7 cm³/mol. The molecule has 1 aliphatic carbocycles. The van der Waals surface area contributed by atoms with Crippen LogP contribution in [0.15, 0.2) is 18.2 Å². The number of fused-ring (bicyclic) bond motifs is 1. The van der Waals surface area contributed by atoms with E-state index in [0.717, 1.165) is 30.6 Å². The number of nitrogens with one attached hydrogen (secondary N) is 1. The first-order valence-electron chi connectivity index (χ1n) is 8.94. The molecule has 5 nitrogen and oxygen atoms in total. The average Bonchev–Trinajstić information content (AvgIpc) is 2.61. The zero-order valence-corrected chi connectivity index (χ0v) is 14.7. The Morgan fingerprint density at radius 3 is 2.62 bits per heavy atom. The Hall–Kier alpha value is -1.75. The fourth-order valence-electron chi connectivity index (χ4n) is 4.14. The van der Waals surface area contributed by atoms with Crippen LogP contribution in [0.2, 0.25) is 0 Å². The summed E-state index contributed by atoms with van der Waals surface area (Å²) in [6.45, 7) is 2.59. The van der Waals surface area contributed by atoms with Gasteiger partial charge in [-0.3, -0.25) is 9.69 Å². The molecular weight excluding hydrogens is 304 g/mol. The molecule has 1 aliphatic heterocycles. The van der Waals surface area contributed by atoms with E-state index in [4.69, 9.17) is 9.47 Å². The van der Waals surface area contributed by atoms with E-state index < -0.39 is 0 Å².